The lowest BCUT2D eigenvalue weighted by Crippen LogP contribution is -2.15. The van der Waals surface area contributed by atoms with Crippen LogP contribution in [0.25, 0.3) is 6.08 Å². The van der Waals surface area contributed by atoms with E-state index in [4.69, 9.17) is 0 Å². The van der Waals surface area contributed by atoms with Crippen molar-refractivity contribution in [1.29, 1.82) is 0 Å². The van der Waals surface area contributed by atoms with Crippen molar-refractivity contribution in [3.63, 3.8) is 0 Å². The van der Waals surface area contributed by atoms with Crippen LogP contribution in [0.5, 0.6) is 0 Å². The summed E-state index contributed by atoms with van der Waals surface area (Å²) in [6.45, 7) is 0. The topological polar surface area (TPSA) is 110 Å². The van der Waals surface area contributed by atoms with Crippen LogP contribution in [-0.2, 0) is 9.59 Å². The number of nitro groups is 1. The highest BCUT2D eigenvalue weighted by atomic mass is 79.9. The first-order chi connectivity index (χ1) is 12.3. The first kappa shape index (κ1) is 19.7. The van der Waals surface area contributed by atoms with Crippen LogP contribution in [0.15, 0.2) is 57.9 Å². The number of anilines is 1. The molecule has 0 aliphatic rings. The Hall–Kier alpha value is -2.65. The summed E-state index contributed by atoms with van der Waals surface area (Å²) in [5.41, 5.74) is 1.02. The smallest absolute Gasteiger partial charge is 0.342 e. The number of carbonyl (C=O) groups is 2. The van der Waals surface area contributed by atoms with E-state index in [1.165, 1.54) is 30.3 Å². The molecule has 2 N–H and O–H groups in total. The minimum Gasteiger partial charge on any atom is -0.477 e. The number of carboxylic acid groups (broad SMARTS) is 1. The molecule has 0 radical (unpaired) electrons. The lowest BCUT2D eigenvalue weighted by molar-refractivity contribution is -0.384. The van der Waals surface area contributed by atoms with E-state index < -0.39 is 16.8 Å². The SMILES string of the molecule is O=C(CS/C(=C/c1ccc(Br)cc1)C(=O)O)Nc1ccc([N+](=O)[O-])cc1. The Morgan fingerprint density at radius 2 is 1.77 bits per heavy atom. The number of nitrogens with zero attached hydrogens (tertiary/aromatic N) is 1. The molecule has 0 atom stereocenters. The average molecular weight is 437 g/mol. The normalized spacial score (nSPS) is 11.0. The van der Waals surface area contributed by atoms with Crippen LogP contribution in [-0.4, -0.2) is 27.7 Å². The van der Waals surface area contributed by atoms with Gasteiger partial charge in [0.05, 0.1) is 15.6 Å². The van der Waals surface area contributed by atoms with Gasteiger partial charge in [-0.2, -0.15) is 0 Å². The number of hydrogen-bond acceptors (Lipinski definition) is 5. The number of non-ortho nitro benzene ring substituents is 1. The van der Waals surface area contributed by atoms with Gasteiger partial charge in [-0.3, -0.25) is 14.9 Å². The maximum Gasteiger partial charge on any atom is 0.342 e. The lowest BCUT2D eigenvalue weighted by Gasteiger charge is -2.06. The van der Waals surface area contributed by atoms with E-state index in [1.807, 2.05) is 0 Å². The molecule has 26 heavy (non-hydrogen) atoms. The monoisotopic (exact) mass is 436 g/mol. The van der Waals surface area contributed by atoms with Gasteiger partial charge >= 0.3 is 5.97 Å². The molecule has 0 aliphatic heterocycles. The summed E-state index contributed by atoms with van der Waals surface area (Å²) in [6.07, 6.45) is 1.48. The molecule has 2 aromatic rings. The molecule has 0 spiro atoms. The fraction of sp³-hybridized carbons (Fsp3) is 0.0588. The Labute approximate surface area is 161 Å². The number of amides is 1. The summed E-state index contributed by atoms with van der Waals surface area (Å²) in [6, 6.07) is 12.5. The molecule has 0 saturated heterocycles. The molecule has 0 heterocycles. The zero-order valence-electron chi connectivity index (χ0n) is 13.2. The average Bonchev–Trinajstić information content (AvgIpc) is 2.60. The van der Waals surface area contributed by atoms with E-state index in [-0.39, 0.29) is 16.3 Å². The lowest BCUT2D eigenvalue weighted by atomic mass is 10.2. The van der Waals surface area contributed by atoms with E-state index in [9.17, 15) is 24.8 Å². The Balaban J connectivity index is 1.97. The number of thioether (sulfide) groups is 1. The third-order valence-electron chi connectivity index (χ3n) is 3.10. The number of hydrogen-bond donors (Lipinski definition) is 2. The fourth-order valence-electron chi connectivity index (χ4n) is 1.88. The van der Waals surface area contributed by atoms with Crippen LogP contribution >= 0.6 is 27.7 Å². The molecule has 0 aliphatic carbocycles. The Kier molecular flexibility index (Phi) is 6.93. The van der Waals surface area contributed by atoms with Crippen LogP contribution in [0.3, 0.4) is 0 Å². The predicted octanol–water partition coefficient (Wildman–Crippen LogP) is 4.15. The molecule has 0 unspecified atom stereocenters. The molecular formula is C17H13BrN2O5S. The molecule has 0 aromatic heterocycles. The van der Waals surface area contributed by atoms with Gasteiger partial charge in [-0.1, -0.05) is 28.1 Å². The second-order valence-corrected chi connectivity index (χ2v) is 6.94. The molecule has 2 aromatic carbocycles. The number of halogens is 1. The maximum atomic E-state index is 12.0. The van der Waals surface area contributed by atoms with Crippen molar-refractivity contribution in [2.24, 2.45) is 0 Å². The van der Waals surface area contributed by atoms with Gasteiger partial charge in [0.1, 0.15) is 0 Å². The minimum atomic E-state index is -1.12. The zero-order valence-corrected chi connectivity index (χ0v) is 15.6. The highest BCUT2D eigenvalue weighted by Crippen LogP contribution is 2.22. The third kappa shape index (κ3) is 6.01. The number of nitro benzene ring substituents is 1. The molecular weight excluding hydrogens is 424 g/mol. The summed E-state index contributed by atoms with van der Waals surface area (Å²) in [5.74, 6) is -1.64. The van der Waals surface area contributed by atoms with Crippen molar-refractivity contribution < 1.29 is 19.6 Å². The molecule has 9 heteroatoms. The number of nitrogens with one attached hydrogen (secondary N) is 1. The highest BCUT2D eigenvalue weighted by Gasteiger charge is 2.12. The number of rotatable bonds is 7. The van der Waals surface area contributed by atoms with E-state index in [2.05, 4.69) is 21.2 Å². The summed E-state index contributed by atoms with van der Waals surface area (Å²) >= 11 is 4.20. The van der Waals surface area contributed by atoms with Crippen LogP contribution in [0, 0.1) is 10.1 Å². The van der Waals surface area contributed by atoms with Crippen molar-refractivity contribution >= 4 is 57.0 Å². The summed E-state index contributed by atoms with van der Waals surface area (Å²) in [7, 11) is 0. The van der Waals surface area contributed by atoms with E-state index in [1.54, 1.807) is 24.3 Å². The molecule has 7 nitrogen and oxygen atoms in total. The molecule has 1 amide bonds. The van der Waals surface area contributed by atoms with Gasteiger partial charge in [0.2, 0.25) is 5.91 Å². The number of benzene rings is 2. The Morgan fingerprint density at radius 1 is 1.15 bits per heavy atom. The summed E-state index contributed by atoms with van der Waals surface area (Å²) in [5, 5.41) is 22.4. The number of aliphatic carboxylic acids is 1. The van der Waals surface area contributed by atoms with Gasteiger partial charge in [-0.25, -0.2) is 4.79 Å². The van der Waals surface area contributed by atoms with Crippen LogP contribution in [0.4, 0.5) is 11.4 Å². The maximum absolute atomic E-state index is 12.0. The first-order valence-electron chi connectivity index (χ1n) is 7.23. The van der Waals surface area contributed by atoms with Crippen LogP contribution < -0.4 is 5.32 Å². The molecule has 0 fully saturated rings. The van der Waals surface area contributed by atoms with E-state index in [0.29, 0.717) is 11.3 Å². The number of carboxylic acids is 1. The second kappa shape index (κ2) is 9.16. The van der Waals surface area contributed by atoms with Crippen LogP contribution in [0.1, 0.15) is 5.56 Å². The predicted molar refractivity (Wildman–Crippen MR) is 104 cm³/mol. The molecule has 2 rings (SSSR count). The second-order valence-electron chi connectivity index (χ2n) is 5.01. The van der Waals surface area contributed by atoms with Gasteiger partial charge in [0.25, 0.3) is 5.69 Å². The molecule has 0 bridgehead atoms. The van der Waals surface area contributed by atoms with Crippen molar-refractivity contribution in [1.82, 2.24) is 0 Å². The number of carbonyl (C=O) groups excluding carboxylic acids is 1. The van der Waals surface area contributed by atoms with Crippen molar-refractivity contribution in [3.8, 4) is 0 Å². The van der Waals surface area contributed by atoms with E-state index >= 15 is 0 Å². The van der Waals surface area contributed by atoms with Gasteiger partial charge in [-0.05, 0) is 35.9 Å². The fourth-order valence-corrected chi connectivity index (χ4v) is 2.85. The van der Waals surface area contributed by atoms with Gasteiger partial charge in [-0.15, -0.1) is 11.8 Å². The van der Waals surface area contributed by atoms with Crippen LogP contribution in [0.2, 0.25) is 0 Å². The minimum absolute atomic E-state index is 0.0335. The largest absolute Gasteiger partial charge is 0.477 e. The standard InChI is InChI=1S/C17H13BrN2O5S/c18-12-3-1-11(2-4-12)9-15(17(22)23)26-10-16(21)19-13-5-7-14(8-6-13)20(24)25/h1-9H,10H2,(H,19,21)(H,22,23)/b15-9+. The van der Waals surface area contributed by atoms with Crippen molar-refractivity contribution in [2.45, 2.75) is 0 Å². The zero-order chi connectivity index (χ0) is 19.1. The van der Waals surface area contributed by atoms with Crippen molar-refractivity contribution in [2.75, 3.05) is 11.1 Å². The van der Waals surface area contributed by atoms with Gasteiger partial charge < -0.3 is 10.4 Å². The van der Waals surface area contributed by atoms with E-state index in [0.717, 1.165) is 16.2 Å². The summed E-state index contributed by atoms with van der Waals surface area (Å²) in [4.78, 5) is 33.4. The molecule has 0 saturated carbocycles. The molecule has 134 valence electrons. The quantitative estimate of drug-likeness (QED) is 0.383. The first-order valence-corrected chi connectivity index (χ1v) is 9.00. The summed E-state index contributed by atoms with van der Waals surface area (Å²) < 4.78 is 0.877. The Morgan fingerprint density at radius 3 is 2.31 bits per heavy atom. The van der Waals surface area contributed by atoms with Gasteiger partial charge in [0.15, 0.2) is 0 Å². The Bertz CT molecular complexity index is 850. The van der Waals surface area contributed by atoms with Crippen molar-refractivity contribution in [3.05, 3.63) is 73.6 Å². The van der Waals surface area contributed by atoms with Gasteiger partial charge in [0, 0.05) is 22.3 Å². The third-order valence-corrected chi connectivity index (χ3v) is 4.64. The highest BCUT2D eigenvalue weighted by molar-refractivity contribution is 9.10.